The van der Waals surface area contributed by atoms with Crippen molar-refractivity contribution >= 4 is 24.4 Å². The number of nitrogens with zero attached hydrogens (tertiary/aromatic N) is 2. The molecule has 2 heterocycles. The standard InChI is InChI=1S/2C18H26N2O5/c2*1-18(2,3)25-16(22)19-14-11-20(10-9-15(14)21)17(23)24-12-13-7-5-4-6-8-13/h2*4-8,14-15,21H,9-12H2,1-3H3,(H,19,22)/t2*14-,15-/m10/s1. The Morgan fingerprint density at radius 2 is 0.980 bits per heavy atom. The summed E-state index contributed by atoms with van der Waals surface area (Å²) in [6.07, 6.45) is -2.90. The van der Waals surface area contributed by atoms with Crippen molar-refractivity contribution in [2.24, 2.45) is 0 Å². The molecular formula is C36H52N4O10. The lowest BCUT2D eigenvalue weighted by Gasteiger charge is -2.36. The van der Waals surface area contributed by atoms with Gasteiger partial charge in [0.2, 0.25) is 0 Å². The van der Waals surface area contributed by atoms with Gasteiger partial charge in [-0.05, 0) is 65.5 Å². The molecule has 276 valence electrons. The quantitative estimate of drug-likeness (QED) is 0.313. The highest BCUT2D eigenvalue weighted by molar-refractivity contribution is 5.70. The Labute approximate surface area is 294 Å². The largest absolute Gasteiger partial charge is 0.445 e. The van der Waals surface area contributed by atoms with Gasteiger partial charge in [-0.3, -0.25) is 0 Å². The van der Waals surface area contributed by atoms with Crippen molar-refractivity contribution in [3.05, 3.63) is 71.8 Å². The molecule has 0 aromatic heterocycles. The zero-order valence-electron chi connectivity index (χ0n) is 29.8. The van der Waals surface area contributed by atoms with Gasteiger partial charge in [0, 0.05) is 26.2 Å². The van der Waals surface area contributed by atoms with Crippen LogP contribution >= 0.6 is 0 Å². The van der Waals surface area contributed by atoms with Crippen molar-refractivity contribution in [2.45, 2.75) is 103 Å². The molecule has 4 N–H and O–H groups in total. The molecule has 14 nitrogen and oxygen atoms in total. The number of piperidine rings is 2. The lowest BCUT2D eigenvalue weighted by molar-refractivity contribution is 0.0178. The van der Waals surface area contributed by atoms with E-state index in [-0.39, 0.29) is 26.3 Å². The molecule has 2 aliphatic rings. The van der Waals surface area contributed by atoms with Gasteiger partial charge in [-0.15, -0.1) is 0 Å². The summed E-state index contributed by atoms with van der Waals surface area (Å²) in [5.41, 5.74) is 0.545. The number of carbonyl (C=O) groups is 4. The number of alkyl carbamates (subject to hydrolysis) is 2. The van der Waals surface area contributed by atoms with Gasteiger partial charge in [0.15, 0.2) is 0 Å². The molecular weight excluding hydrogens is 648 g/mol. The summed E-state index contributed by atoms with van der Waals surface area (Å²) in [4.78, 5) is 51.2. The Bertz CT molecular complexity index is 1280. The first-order valence-electron chi connectivity index (χ1n) is 16.8. The maximum atomic E-state index is 12.2. The van der Waals surface area contributed by atoms with Gasteiger partial charge in [0.1, 0.15) is 24.4 Å². The number of hydrogen-bond acceptors (Lipinski definition) is 10. The van der Waals surface area contributed by atoms with E-state index in [4.69, 9.17) is 18.9 Å². The minimum absolute atomic E-state index is 0.175. The summed E-state index contributed by atoms with van der Waals surface area (Å²) in [5.74, 6) is 0. The number of benzene rings is 2. The molecule has 2 aromatic carbocycles. The minimum atomic E-state index is -0.731. The number of aliphatic hydroxyl groups excluding tert-OH is 2. The Morgan fingerprint density at radius 1 is 0.640 bits per heavy atom. The number of carbonyl (C=O) groups excluding carboxylic acids is 4. The maximum absolute atomic E-state index is 12.2. The van der Waals surface area contributed by atoms with Crippen LogP contribution in [0.4, 0.5) is 19.2 Å². The van der Waals surface area contributed by atoms with Crippen molar-refractivity contribution in [3.63, 3.8) is 0 Å². The minimum Gasteiger partial charge on any atom is -0.445 e. The molecule has 2 saturated heterocycles. The lowest BCUT2D eigenvalue weighted by atomic mass is 10.0. The predicted octanol–water partition coefficient (Wildman–Crippen LogP) is 4.57. The molecule has 4 amide bonds. The number of likely N-dealkylation sites (tertiary alicyclic amines) is 2. The number of ether oxygens (including phenoxy) is 4. The lowest BCUT2D eigenvalue weighted by Crippen LogP contribution is -2.57. The van der Waals surface area contributed by atoms with Gasteiger partial charge in [-0.1, -0.05) is 60.7 Å². The summed E-state index contributed by atoms with van der Waals surface area (Å²) in [7, 11) is 0. The number of amides is 4. The predicted molar refractivity (Wildman–Crippen MR) is 184 cm³/mol. The molecule has 0 bridgehead atoms. The second kappa shape index (κ2) is 18.4. The highest BCUT2D eigenvalue weighted by Gasteiger charge is 2.34. The first-order valence-corrected chi connectivity index (χ1v) is 16.8. The number of rotatable bonds is 6. The van der Waals surface area contributed by atoms with Crippen LogP contribution in [0.1, 0.15) is 65.5 Å². The molecule has 2 fully saturated rings. The summed E-state index contributed by atoms with van der Waals surface area (Å²) in [6, 6.07) is 17.6. The smallest absolute Gasteiger partial charge is 0.410 e. The average Bonchev–Trinajstić information content (AvgIpc) is 3.04. The van der Waals surface area contributed by atoms with E-state index in [0.717, 1.165) is 11.1 Å². The Hall–Kier alpha value is -4.56. The van der Waals surface area contributed by atoms with Crippen molar-refractivity contribution in [1.29, 1.82) is 0 Å². The highest BCUT2D eigenvalue weighted by atomic mass is 16.6. The van der Waals surface area contributed by atoms with E-state index < -0.39 is 59.9 Å². The first-order chi connectivity index (χ1) is 23.5. The fourth-order valence-corrected chi connectivity index (χ4v) is 5.03. The third kappa shape index (κ3) is 14.5. The first kappa shape index (κ1) is 39.9. The zero-order valence-corrected chi connectivity index (χ0v) is 29.8. The molecule has 0 unspecified atom stereocenters. The van der Waals surface area contributed by atoms with E-state index in [0.29, 0.717) is 25.9 Å². The fraction of sp³-hybridized carbons (Fsp3) is 0.556. The van der Waals surface area contributed by atoms with E-state index in [2.05, 4.69) is 10.6 Å². The van der Waals surface area contributed by atoms with Crippen LogP contribution in [-0.2, 0) is 32.2 Å². The van der Waals surface area contributed by atoms with E-state index in [1.165, 1.54) is 9.80 Å². The Kier molecular flexibility index (Phi) is 14.7. The topological polar surface area (TPSA) is 176 Å². The van der Waals surface area contributed by atoms with Crippen LogP contribution in [0.2, 0.25) is 0 Å². The van der Waals surface area contributed by atoms with Gasteiger partial charge in [-0.2, -0.15) is 0 Å². The van der Waals surface area contributed by atoms with Crippen LogP contribution in [-0.4, -0.2) is 106 Å². The fourth-order valence-electron chi connectivity index (χ4n) is 5.03. The molecule has 2 aliphatic heterocycles. The second-order valence-corrected chi connectivity index (χ2v) is 14.2. The van der Waals surface area contributed by atoms with Crippen molar-refractivity contribution in [3.8, 4) is 0 Å². The zero-order chi connectivity index (χ0) is 36.9. The third-order valence-electron chi connectivity index (χ3n) is 7.48. The number of hydrogen-bond donors (Lipinski definition) is 4. The number of aliphatic hydroxyl groups is 2. The SMILES string of the molecule is CC(C)(C)OC(=O)N[C@@H]1CN(C(=O)OCc2ccccc2)CC[C@H]1O.CC(C)(C)OC(=O)N[C@H]1CN(C(=O)OCc2ccccc2)CC[C@@H]1O. The van der Waals surface area contributed by atoms with Crippen LogP contribution in [0.15, 0.2) is 60.7 Å². The van der Waals surface area contributed by atoms with E-state index in [9.17, 15) is 29.4 Å². The second-order valence-electron chi connectivity index (χ2n) is 14.2. The Morgan fingerprint density at radius 3 is 1.30 bits per heavy atom. The maximum Gasteiger partial charge on any atom is 0.410 e. The monoisotopic (exact) mass is 700 g/mol. The third-order valence-corrected chi connectivity index (χ3v) is 7.48. The van der Waals surface area contributed by atoms with Gasteiger partial charge >= 0.3 is 24.4 Å². The average molecular weight is 701 g/mol. The molecule has 0 aliphatic carbocycles. The summed E-state index contributed by atoms with van der Waals surface area (Å²) >= 11 is 0. The van der Waals surface area contributed by atoms with Crippen LogP contribution in [0.3, 0.4) is 0 Å². The summed E-state index contributed by atoms with van der Waals surface area (Å²) in [6.45, 7) is 12.0. The normalized spacial score (nSPS) is 20.7. The van der Waals surface area contributed by atoms with E-state index in [1.54, 1.807) is 41.5 Å². The van der Waals surface area contributed by atoms with Crippen molar-refractivity contribution in [2.75, 3.05) is 26.2 Å². The van der Waals surface area contributed by atoms with E-state index in [1.807, 2.05) is 60.7 Å². The molecule has 14 heteroatoms. The molecule has 0 saturated carbocycles. The molecule has 4 rings (SSSR count). The molecule has 2 aromatic rings. The van der Waals surface area contributed by atoms with Crippen LogP contribution in [0, 0.1) is 0 Å². The molecule has 50 heavy (non-hydrogen) atoms. The molecule has 4 atom stereocenters. The van der Waals surface area contributed by atoms with Gasteiger partial charge in [-0.25, -0.2) is 19.2 Å². The Balaban J connectivity index is 0.000000270. The van der Waals surface area contributed by atoms with Crippen molar-refractivity contribution < 1.29 is 48.3 Å². The van der Waals surface area contributed by atoms with Crippen LogP contribution in [0.25, 0.3) is 0 Å². The van der Waals surface area contributed by atoms with Gasteiger partial charge < -0.3 is 49.6 Å². The van der Waals surface area contributed by atoms with Gasteiger partial charge in [0.05, 0.1) is 24.3 Å². The van der Waals surface area contributed by atoms with Crippen molar-refractivity contribution in [1.82, 2.24) is 20.4 Å². The summed E-state index contributed by atoms with van der Waals surface area (Å²) in [5, 5.41) is 25.4. The van der Waals surface area contributed by atoms with Crippen LogP contribution in [0.5, 0.6) is 0 Å². The molecule has 0 radical (unpaired) electrons. The van der Waals surface area contributed by atoms with Gasteiger partial charge in [0.25, 0.3) is 0 Å². The van der Waals surface area contributed by atoms with E-state index >= 15 is 0 Å². The molecule has 0 spiro atoms. The van der Waals surface area contributed by atoms with Crippen LogP contribution < -0.4 is 10.6 Å². The summed E-state index contributed by atoms with van der Waals surface area (Å²) < 4.78 is 21.0. The number of nitrogens with one attached hydrogen (secondary N) is 2. The highest BCUT2D eigenvalue weighted by Crippen LogP contribution is 2.16.